The SMILES string of the molecule is O=C(NC1CCS(=O)(=O)C1)c1ccc(Cl)cc1Br. The summed E-state index contributed by atoms with van der Waals surface area (Å²) in [6.45, 7) is 0. The van der Waals surface area contributed by atoms with Crippen molar-refractivity contribution < 1.29 is 13.2 Å². The highest BCUT2D eigenvalue weighted by Gasteiger charge is 2.29. The first kappa shape index (κ1) is 13.8. The monoisotopic (exact) mass is 351 g/mol. The number of nitrogens with one attached hydrogen (secondary N) is 1. The van der Waals surface area contributed by atoms with Gasteiger partial charge in [0.1, 0.15) is 0 Å². The second-order valence-corrected chi connectivity index (χ2v) is 7.72. The Kier molecular flexibility index (Phi) is 3.99. The molecule has 1 unspecified atom stereocenters. The Morgan fingerprint density at radius 2 is 2.17 bits per heavy atom. The number of halogens is 2. The molecule has 1 aromatic carbocycles. The van der Waals surface area contributed by atoms with Crippen molar-refractivity contribution in [3.8, 4) is 0 Å². The first-order valence-corrected chi connectivity index (χ1v) is 8.33. The summed E-state index contributed by atoms with van der Waals surface area (Å²) in [5, 5.41) is 3.25. The third-order valence-electron chi connectivity index (χ3n) is 2.74. The van der Waals surface area contributed by atoms with Crippen LogP contribution >= 0.6 is 27.5 Å². The van der Waals surface area contributed by atoms with E-state index in [4.69, 9.17) is 11.6 Å². The van der Waals surface area contributed by atoms with Crippen LogP contribution in [0.1, 0.15) is 16.8 Å². The van der Waals surface area contributed by atoms with E-state index in [2.05, 4.69) is 21.2 Å². The van der Waals surface area contributed by atoms with Gasteiger partial charge in [0.05, 0.1) is 17.1 Å². The van der Waals surface area contributed by atoms with Gasteiger partial charge in [0, 0.05) is 15.5 Å². The number of sulfone groups is 1. The third kappa shape index (κ3) is 3.24. The summed E-state index contributed by atoms with van der Waals surface area (Å²) in [4.78, 5) is 12.0. The molecule has 1 heterocycles. The predicted octanol–water partition coefficient (Wildman–Crippen LogP) is 2.02. The average Bonchev–Trinajstić information content (AvgIpc) is 2.57. The lowest BCUT2D eigenvalue weighted by atomic mass is 10.2. The van der Waals surface area contributed by atoms with Crippen LogP contribution in [0, 0.1) is 0 Å². The third-order valence-corrected chi connectivity index (χ3v) is 5.40. The van der Waals surface area contributed by atoms with Gasteiger partial charge in [0.2, 0.25) is 0 Å². The lowest BCUT2D eigenvalue weighted by Crippen LogP contribution is -2.35. The Hall–Kier alpha value is -0.590. The van der Waals surface area contributed by atoms with E-state index in [1.165, 1.54) is 0 Å². The van der Waals surface area contributed by atoms with Crippen LogP contribution < -0.4 is 5.32 Å². The van der Waals surface area contributed by atoms with Crippen molar-refractivity contribution in [2.75, 3.05) is 11.5 Å². The zero-order valence-electron chi connectivity index (χ0n) is 9.32. The smallest absolute Gasteiger partial charge is 0.252 e. The van der Waals surface area contributed by atoms with Gasteiger partial charge in [-0.2, -0.15) is 0 Å². The van der Waals surface area contributed by atoms with Gasteiger partial charge in [-0.1, -0.05) is 11.6 Å². The van der Waals surface area contributed by atoms with Gasteiger partial charge in [0.15, 0.2) is 9.84 Å². The Bertz CT molecular complexity index is 588. The highest BCUT2D eigenvalue weighted by molar-refractivity contribution is 9.10. The van der Waals surface area contributed by atoms with Crippen molar-refractivity contribution in [2.45, 2.75) is 12.5 Å². The fourth-order valence-corrected chi connectivity index (χ4v) is 4.38. The highest BCUT2D eigenvalue weighted by atomic mass is 79.9. The molecule has 0 aliphatic carbocycles. The summed E-state index contributed by atoms with van der Waals surface area (Å²) in [6, 6.07) is 4.55. The van der Waals surface area contributed by atoms with Crippen LogP contribution in [0.15, 0.2) is 22.7 Å². The molecule has 1 amide bonds. The predicted molar refractivity (Wildman–Crippen MR) is 73.7 cm³/mol. The number of hydrogen-bond acceptors (Lipinski definition) is 3. The van der Waals surface area contributed by atoms with E-state index in [-0.39, 0.29) is 23.5 Å². The van der Waals surface area contributed by atoms with E-state index in [1.807, 2.05) is 0 Å². The molecule has 0 aromatic heterocycles. The maximum absolute atomic E-state index is 12.0. The summed E-state index contributed by atoms with van der Waals surface area (Å²) < 4.78 is 23.2. The molecule has 1 saturated heterocycles. The maximum atomic E-state index is 12.0. The highest BCUT2D eigenvalue weighted by Crippen LogP contribution is 2.22. The number of hydrogen-bond donors (Lipinski definition) is 1. The molecule has 4 nitrogen and oxygen atoms in total. The molecular weight excluding hydrogens is 342 g/mol. The first-order chi connectivity index (χ1) is 8.37. The molecule has 1 aromatic rings. The molecule has 1 N–H and O–H groups in total. The lowest BCUT2D eigenvalue weighted by molar-refractivity contribution is 0.0940. The fraction of sp³-hybridized carbons (Fsp3) is 0.364. The molecule has 1 aliphatic heterocycles. The van der Waals surface area contributed by atoms with Gasteiger partial charge in [0.25, 0.3) is 5.91 Å². The van der Waals surface area contributed by atoms with Gasteiger partial charge in [-0.15, -0.1) is 0 Å². The van der Waals surface area contributed by atoms with E-state index >= 15 is 0 Å². The molecule has 18 heavy (non-hydrogen) atoms. The summed E-state index contributed by atoms with van der Waals surface area (Å²) in [5.41, 5.74) is 0.448. The fourth-order valence-electron chi connectivity index (χ4n) is 1.85. The number of benzene rings is 1. The summed E-state index contributed by atoms with van der Waals surface area (Å²) in [5.74, 6) is -0.135. The van der Waals surface area contributed by atoms with Crippen LogP contribution in [0.3, 0.4) is 0 Å². The van der Waals surface area contributed by atoms with Crippen molar-refractivity contribution in [2.24, 2.45) is 0 Å². The quantitative estimate of drug-likeness (QED) is 0.885. The Morgan fingerprint density at radius 3 is 2.72 bits per heavy atom. The van der Waals surface area contributed by atoms with Crippen LogP contribution in [0.4, 0.5) is 0 Å². The first-order valence-electron chi connectivity index (χ1n) is 5.34. The molecule has 0 radical (unpaired) electrons. The Balaban J connectivity index is 2.09. The molecule has 1 atom stereocenters. The van der Waals surface area contributed by atoms with E-state index in [1.54, 1.807) is 18.2 Å². The molecule has 2 rings (SSSR count). The number of carbonyl (C=O) groups excluding carboxylic acids is 1. The zero-order chi connectivity index (χ0) is 13.3. The molecule has 98 valence electrons. The molecule has 0 bridgehead atoms. The van der Waals surface area contributed by atoms with Gasteiger partial charge in [-0.25, -0.2) is 8.42 Å². The minimum absolute atomic E-state index is 0.0178. The molecule has 0 spiro atoms. The summed E-state index contributed by atoms with van der Waals surface area (Å²) in [7, 11) is -2.99. The number of carbonyl (C=O) groups is 1. The van der Waals surface area contributed by atoms with E-state index in [9.17, 15) is 13.2 Å². The largest absolute Gasteiger partial charge is 0.348 e. The summed E-state index contributed by atoms with van der Waals surface area (Å²) >= 11 is 9.04. The molecule has 7 heteroatoms. The van der Waals surface area contributed by atoms with Crippen molar-refractivity contribution in [3.63, 3.8) is 0 Å². The minimum atomic E-state index is -2.99. The average molecular weight is 353 g/mol. The van der Waals surface area contributed by atoms with Crippen LogP contribution in [0.2, 0.25) is 5.02 Å². The van der Waals surface area contributed by atoms with Crippen molar-refractivity contribution in [3.05, 3.63) is 33.3 Å². The normalized spacial score (nSPS) is 21.8. The zero-order valence-corrected chi connectivity index (χ0v) is 12.5. The summed E-state index contributed by atoms with van der Waals surface area (Å²) in [6.07, 6.45) is 0.472. The molecular formula is C11H11BrClNO3S. The van der Waals surface area contributed by atoms with E-state index in [0.29, 0.717) is 21.5 Å². The molecule has 1 fully saturated rings. The lowest BCUT2D eigenvalue weighted by Gasteiger charge is -2.11. The maximum Gasteiger partial charge on any atom is 0.252 e. The minimum Gasteiger partial charge on any atom is -0.348 e. The second kappa shape index (κ2) is 5.19. The Labute approximate surface area is 119 Å². The van der Waals surface area contributed by atoms with Crippen molar-refractivity contribution >= 4 is 43.3 Å². The number of rotatable bonds is 2. The van der Waals surface area contributed by atoms with E-state index in [0.717, 1.165) is 0 Å². The van der Waals surface area contributed by atoms with Crippen LogP contribution in [0.5, 0.6) is 0 Å². The van der Waals surface area contributed by atoms with Crippen LogP contribution in [-0.2, 0) is 9.84 Å². The van der Waals surface area contributed by atoms with Crippen molar-refractivity contribution in [1.82, 2.24) is 5.32 Å². The van der Waals surface area contributed by atoms with E-state index < -0.39 is 9.84 Å². The van der Waals surface area contributed by atoms with Gasteiger partial charge < -0.3 is 5.32 Å². The van der Waals surface area contributed by atoms with Gasteiger partial charge >= 0.3 is 0 Å². The molecule has 1 aliphatic rings. The number of amides is 1. The Morgan fingerprint density at radius 1 is 1.44 bits per heavy atom. The van der Waals surface area contributed by atoms with Crippen LogP contribution in [-0.4, -0.2) is 31.9 Å². The topological polar surface area (TPSA) is 63.2 Å². The standard InChI is InChI=1S/C11H11BrClNO3S/c12-10-5-7(13)1-2-9(10)11(15)14-8-3-4-18(16,17)6-8/h1-2,5,8H,3-4,6H2,(H,14,15). The van der Waals surface area contributed by atoms with Gasteiger partial charge in [-0.3, -0.25) is 4.79 Å². The van der Waals surface area contributed by atoms with Crippen molar-refractivity contribution in [1.29, 1.82) is 0 Å². The van der Waals surface area contributed by atoms with Gasteiger partial charge in [-0.05, 0) is 40.5 Å². The second-order valence-electron chi connectivity index (χ2n) is 4.20. The molecule has 0 saturated carbocycles. The van der Waals surface area contributed by atoms with Crippen LogP contribution in [0.25, 0.3) is 0 Å².